The van der Waals surface area contributed by atoms with E-state index in [1.54, 1.807) is 24.4 Å². The molecule has 2 aromatic carbocycles. The quantitative estimate of drug-likeness (QED) is 0.458. The van der Waals surface area contributed by atoms with Crippen LogP contribution in [0.3, 0.4) is 0 Å². The van der Waals surface area contributed by atoms with E-state index in [4.69, 9.17) is 15.2 Å². The molecule has 3 aromatic rings. The van der Waals surface area contributed by atoms with Crippen molar-refractivity contribution >= 4 is 16.8 Å². The third kappa shape index (κ3) is 5.66. The summed E-state index contributed by atoms with van der Waals surface area (Å²) in [5.74, 6) is -0.601. The molecule has 1 aromatic heterocycles. The summed E-state index contributed by atoms with van der Waals surface area (Å²) in [6.45, 7) is 8.53. The van der Waals surface area contributed by atoms with Gasteiger partial charge >= 0.3 is 0 Å². The number of hydrogen-bond acceptors (Lipinski definition) is 6. The number of hydrogen-bond donors (Lipinski definition) is 1. The number of carbonyl (C=O) groups is 1. The van der Waals surface area contributed by atoms with E-state index in [-0.39, 0.29) is 17.1 Å². The van der Waals surface area contributed by atoms with Crippen molar-refractivity contribution in [2.45, 2.75) is 26.3 Å². The topological polar surface area (TPSA) is 85.8 Å². The minimum Gasteiger partial charge on any atom is -0.493 e. The van der Waals surface area contributed by atoms with Crippen molar-refractivity contribution in [2.24, 2.45) is 5.73 Å². The van der Waals surface area contributed by atoms with Gasteiger partial charge in [0.15, 0.2) is 11.6 Å². The standard InChI is InChI=1S/C25H32FN5O3/c1-3-7-31-22-16-24(20(25(27)32)14-18(22)17-28-31)34-23-6-5-19(15-21(23)26)33-13-4-8-30-11-9-29(2)10-12-30/h5-6,14-17H,3-4,7-13H2,1-2H3,(H2,27,32). The van der Waals surface area contributed by atoms with Crippen LogP contribution in [-0.4, -0.2) is 71.9 Å². The Morgan fingerprint density at radius 2 is 1.91 bits per heavy atom. The smallest absolute Gasteiger partial charge is 0.252 e. The van der Waals surface area contributed by atoms with Crippen LogP contribution in [0.5, 0.6) is 17.2 Å². The maximum atomic E-state index is 14.8. The van der Waals surface area contributed by atoms with Crippen molar-refractivity contribution in [3.8, 4) is 17.2 Å². The molecule has 9 heteroatoms. The molecular weight excluding hydrogens is 437 g/mol. The number of aryl methyl sites for hydroxylation is 1. The van der Waals surface area contributed by atoms with E-state index in [0.29, 0.717) is 18.9 Å². The van der Waals surface area contributed by atoms with Gasteiger partial charge < -0.3 is 25.0 Å². The van der Waals surface area contributed by atoms with Crippen LogP contribution >= 0.6 is 0 Å². The first-order valence-corrected chi connectivity index (χ1v) is 11.7. The molecule has 0 aliphatic carbocycles. The summed E-state index contributed by atoms with van der Waals surface area (Å²) < 4.78 is 28.2. The molecule has 1 fully saturated rings. The fourth-order valence-electron chi connectivity index (χ4n) is 4.10. The summed E-state index contributed by atoms with van der Waals surface area (Å²) in [5, 5.41) is 5.12. The first-order valence-electron chi connectivity index (χ1n) is 11.7. The number of fused-ring (bicyclic) bond motifs is 1. The van der Waals surface area contributed by atoms with Crippen LogP contribution in [0.2, 0.25) is 0 Å². The van der Waals surface area contributed by atoms with Crippen LogP contribution in [0.25, 0.3) is 10.9 Å². The molecule has 182 valence electrons. The van der Waals surface area contributed by atoms with E-state index >= 15 is 0 Å². The van der Waals surface area contributed by atoms with Gasteiger partial charge in [-0.15, -0.1) is 0 Å². The van der Waals surface area contributed by atoms with Gasteiger partial charge in [0.2, 0.25) is 0 Å². The predicted molar refractivity (Wildman–Crippen MR) is 129 cm³/mol. The zero-order valence-corrected chi connectivity index (χ0v) is 19.8. The lowest BCUT2D eigenvalue weighted by molar-refractivity contribution is 0.0998. The number of nitrogens with zero attached hydrogens (tertiary/aromatic N) is 4. The number of halogens is 1. The Hall–Kier alpha value is -3.17. The van der Waals surface area contributed by atoms with Crippen LogP contribution in [0.4, 0.5) is 4.39 Å². The number of nitrogens with two attached hydrogens (primary N) is 1. The molecule has 1 aliphatic rings. The lowest BCUT2D eigenvalue weighted by atomic mass is 10.1. The molecule has 0 atom stereocenters. The summed E-state index contributed by atoms with van der Waals surface area (Å²) in [6.07, 6.45) is 3.45. The van der Waals surface area contributed by atoms with Crippen molar-refractivity contribution in [1.29, 1.82) is 0 Å². The fraction of sp³-hybridized carbons (Fsp3) is 0.440. The van der Waals surface area contributed by atoms with Gasteiger partial charge in [-0.2, -0.15) is 5.10 Å². The summed E-state index contributed by atoms with van der Waals surface area (Å²) in [7, 11) is 2.14. The van der Waals surface area contributed by atoms with Crippen LogP contribution in [0.15, 0.2) is 36.5 Å². The highest BCUT2D eigenvalue weighted by molar-refractivity contribution is 6.00. The second-order valence-corrected chi connectivity index (χ2v) is 8.68. The number of aromatic nitrogens is 2. The summed E-state index contributed by atoms with van der Waals surface area (Å²) >= 11 is 0. The third-order valence-electron chi connectivity index (χ3n) is 6.05. The Morgan fingerprint density at radius 1 is 1.12 bits per heavy atom. The monoisotopic (exact) mass is 469 g/mol. The molecule has 4 rings (SSSR count). The van der Waals surface area contributed by atoms with E-state index in [1.165, 1.54) is 12.1 Å². The van der Waals surface area contributed by atoms with Gasteiger partial charge in [0.25, 0.3) is 5.91 Å². The normalized spacial score (nSPS) is 15.0. The minimum atomic E-state index is -0.652. The second kappa shape index (κ2) is 10.8. The number of benzene rings is 2. The molecule has 0 bridgehead atoms. The van der Waals surface area contributed by atoms with Gasteiger partial charge in [0, 0.05) is 56.8 Å². The molecular formula is C25H32FN5O3. The van der Waals surface area contributed by atoms with Crippen LogP contribution in [0, 0.1) is 5.82 Å². The molecule has 0 radical (unpaired) electrons. The molecule has 34 heavy (non-hydrogen) atoms. The zero-order valence-electron chi connectivity index (χ0n) is 19.8. The molecule has 1 saturated heterocycles. The Labute approximate surface area is 199 Å². The summed E-state index contributed by atoms with van der Waals surface area (Å²) in [6, 6.07) is 7.78. The largest absolute Gasteiger partial charge is 0.493 e. The van der Waals surface area contributed by atoms with Gasteiger partial charge in [-0.25, -0.2) is 4.39 Å². The first kappa shape index (κ1) is 24.0. The Morgan fingerprint density at radius 3 is 2.62 bits per heavy atom. The van der Waals surface area contributed by atoms with Gasteiger partial charge in [-0.1, -0.05) is 6.92 Å². The van der Waals surface area contributed by atoms with Crippen molar-refractivity contribution < 1.29 is 18.7 Å². The number of amides is 1. The van der Waals surface area contributed by atoms with E-state index in [0.717, 1.165) is 56.5 Å². The third-order valence-corrected chi connectivity index (χ3v) is 6.05. The second-order valence-electron chi connectivity index (χ2n) is 8.68. The molecule has 2 N–H and O–H groups in total. The Balaban J connectivity index is 1.41. The molecule has 0 spiro atoms. The zero-order chi connectivity index (χ0) is 24.1. The Kier molecular flexibility index (Phi) is 7.64. The van der Waals surface area contributed by atoms with Crippen LogP contribution in [0.1, 0.15) is 30.1 Å². The number of primary amides is 1. The number of likely N-dealkylation sites (N-methyl/N-ethyl adjacent to an activating group) is 1. The highest BCUT2D eigenvalue weighted by Gasteiger charge is 2.17. The maximum absolute atomic E-state index is 14.8. The fourth-order valence-corrected chi connectivity index (χ4v) is 4.10. The van der Waals surface area contributed by atoms with Crippen molar-refractivity contribution in [1.82, 2.24) is 19.6 Å². The van der Waals surface area contributed by atoms with E-state index in [9.17, 15) is 9.18 Å². The van der Waals surface area contributed by atoms with Gasteiger partial charge in [-0.05, 0) is 38.1 Å². The average molecular weight is 470 g/mol. The van der Waals surface area contributed by atoms with Crippen molar-refractivity contribution in [3.05, 3.63) is 47.9 Å². The summed E-state index contributed by atoms with van der Waals surface area (Å²) in [4.78, 5) is 16.7. The van der Waals surface area contributed by atoms with Gasteiger partial charge in [0.05, 0.1) is 23.9 Å². The van der Waals surface area contributed by atoms with Gasteiger partial charge in [-0.3, -0.25) is 9.48 Å². The molecule has 0 unspecified atom stereocenters. The highest BCUT2D eigenvalue weighted by atomic mass is 19.1. The van der Waals surface area contributed by atoms with E-state index < -0.39 is 11.7 Å². The number of ether oxygens (including phenoxy) is 2. The van der Waals surface area contributed by atoms with Crippen LogP contribution in [-0.2, 0) is 6.54 Å². The molecule has 0 saturated carbocycles. The highest BCUT2D eigenvalue weighted by Crippen LogP contribution is 2.32. The molecule has 1 aliphatic heterocycles. The maximum Gasteiger partial charge on any atom is 0.252 e. The predicted octanol–water partition coefficient (Wildman–Crippen LogP) is 3.49. The lowest BCUT2D eigenvalue weighted by Gasteiger charge is -2.32. The lowest BCUT2D eigenvalue weighted by Crippen LogP contribution is -2.44. The number of piperazine rings is 1. The summed E-state index contributed by atoms with van der Waals surface area (Å²) in [5.41, 5.74) is 6.52. The van der Waals surface area contributed by atoms with Crippen LogP contribution < -0.4 is 15.2 Å². The van der Waals surface area contributed by atoms with Gasteiger partial charge in [0.1, 0.15) is 11.5 Å². The van der Waals surface area contributed by atoms with E-state index in [2.05, 4.69) is 21.9 Å². The van der Waals surface area contributed by atoms with Crippen molar-refractivity contribution in [2.75, 3.05) is 46.4 Å². The SMILES string of the molecule is CCCn1ncc2cc(C(N)=O)c(Oc3ccc(OCCCN4CCN(C)CC4)cc3F)cc21. The van der Waals surface area contributed by atoms with Crippen molar-refractivity contribution in [3.63, 3.8) is 0 Å². The Bertz CT molecular complexity index is 1140. The minimum absolute atomic E-state index is 0.00630. The number of rotatable bonds is 10. The van der Waals surface area contributed by atoms with E-state index in [1.807, 2.05) is 11.6 Å². The first-order chi connectivity index (χ1) is 16.4. The average Bonchev–Trinajstić information content (AvgIpc) is 3.21. The number of carbonyl (C=O) groups excluding carboxylic acids is 1. The molecule has 1 amide bonds. The molecule has 8 nitrogen and oxygen atoms in total. The molecule has 2 heterocycles.